The van der Waals surface area contributed by atoms with E-state index in [1.807, 2.05) is 42.9 Å². The Morgan fingerprint density at radius 2 is 2.21 bits per heavy atom. The fourth-order valence-corrected chi connectivity index (χ4v) is 2.95. The molecule has 0 aliphatic rings. The van der Waals surface area contributed by atoms with Crippen LogP contribution in [0, 0.1) is 0 Å². The van der Waals surface area contributed by atoms with Gasteiger partial charge in [-0.1, -0.05) is 23.9 Å². The predicted octanol–water partition coefficient (Wildman–Crippen LogP) is 2.61. The van der Waals surface area contributed by atoms with Gasteiger partial charge in [-0.15, -0.1) is 0 Å². The van der Waals surface area contributed by atoms with Crippen molar-refractivity contribution < 1.29 is 4.74 Å². The van der Waals surface area contributed by atoms with Crippen LogP contribution in [0.1, 0.15) is 17.7 Å². The molecule has 2 N–H and O–H groups in total. The number of nitrogens with zero attached hydrogens (tertiary/aromatic N) is 2. The largest absolute Gasteiger partial charge is 0.497 e. The number of aromatic nitrogens is 2. The second kappa shape index (κ2) is 6.12. The molecule has 2 atom stereocenters. The van der Waals surface area contributed by atoms with Crippen LogP contribution in [0.15, 0.2) is 41.8 Å². The van der Waals surface area contributed by atoms with E-state index in [1.54, 1.807) is 25.1 Å². The molecule has 1 aromatic heterocycles. The summed E-state index contributed by atoms with van der Waals surface area (Å²) in [6.07, 6.45) is 3.73. The molecule has 0 bridgehead atoms. The third kappa shape index (κ3) is 3.30. The molecule has 0 saturated carbocycles. The van der Waals surface area contributed by atoms with Crippen molar-refractivity contribution in [2.75, 3.05) is 7.11 Å². The van der Waals surface area contributed by atoms with Crippen molar-refractivity contribution in [3.05, 3.63) is 42.2 Å². The van der Waals surface area contributed by atoms with E-state index in [9.17, 15) is 0 Å². The zero-order valence-corrected chi connectivity index (χ0v) is 12.2. The highest BCUT2D eigenvalue weighted by Gasteiger charge is 2.20. The van der Waals surface area contributed by atoms with Gasteiger partial charge in [0.2, 0.25) is 0 Å². The van der Waals surface area contributed by atoms with Gasteiger partial charge in [0.25, 0.3) is 0 Å². The highest BCUT2D eigenvalue weighted by molar-refractivity contribution is 7.99. The molecule has 0 radical (unpaired) electrons. The average Bonchev–Trinajstić information content (AvgIpc) is 2.81. The fourth-order valence-electron chi connectivity index (χ4n) is 1.88. The highest BCUT2D eigenvalue weighted by atomic mass is 32.2. The summed E-state index contributed by atoms with van der Waals surface area (Å²) in [5.74, 6) is 0.851. The minimum absolute atomic E-state index is 0.0220. The normalized spacial score (nSPS) is 14.1. The van der Waals surface area contributed by atoms with E-state index in [0.29, 0.717) is 0 Å². The van der Waals surface area contributed by atoms with Gasteiger partial charge in [-0.25, -0.2) is 4.98 Å². The average molecular weight is 277 g/mol. The van der Waals surface area contributed by atoms with E-state index in [2.05, 4.69) is 11.1 Å². The number of hydrogen-bond acceptors (Lipinski definition) is 4. The number of methoxy groups -OCH3 is 1. The Morgan fingerprint density at radius 1 is 1.42 bits per heavy atom. The van der Waals surface area contributed by atoms with Crippen LogP contribution in [0.2, 0.25) is 0 Å². The maximum Gasteiger partial charge on any atom is 0.168 e. The van der Waals surface area contributed by atoms with Crippen molar-refractivity contribution in [1.29, 1.82) is 0 Å². The van der Waals surface area contributed by atoms with E-state index in [4.69, 9.17) is 10.5 Å². The van der Waals surface area contributed by atoms with Crippen LogP contribution in [0.5, 0.6) is 5.75 Å². The zero-order chi connectivity index (χ0) is 13.8. The topological polar surface area (TPSA) is 53.1 Å². The van der Waals surface area contributed by atoms with Crippen molar-refractivity contribution in [3.8, 4) is 5.75 Å². The van der Waals surface area contributed by atoms with Crippen LogP contribution in [0.3, 0.4) is 0 Å². The number of imidazole rings is 1. The summed E-state index contributed by atoms with van der Waals surface area (Å²) >= 11 is 1.67. The minimum Gasteiger partial charge on any atom is -0.497 e. The van der Waals surface area contributed by atoms with Gasteiger partial charge in [0, 0.05) is 25.5 Å². The Kier molecular flexibility index (Phi) is 4.50. The standard InChI is InChI=1S/C14H19N3OS/c1-10(15)13(19-14-16-7-8-17(14)2)11-5-4-6-12(9-11)18-3/h4-10,13H,15H2,1-3H3. The van der Waals surface area contributed by atoms with E-state index in [1.165, 1.54) is 0 Å². The number of aryl methyl sites for hydroxylation is 1. The number of rotatable bonds is 5. The van der Waals surface area contributed by atoms with Crippen LogP contribution in [-0.2, 0) is 7.05 Å². The summed E-state index contributed by atoms with van der Waals surface area (Å²) < 4.78 is 7.27. The first-order valence-electron chi connectivity index (χ1n) is 6.15. The first kappa shape index (κ1) is 14.0. The van der Waals surface area contributed by atoms with Crippen molar-refractivity contribution in [2.45, 2.75) is 23.4 Å². The summed E-state index contributed by atoms with van der Waals surface area (Å²) in [4.78, 5) is 4.35. The van der Waals surface area contributed by atoms with E-state index < -0.39 is 0 Å². The van der Waals surface area contributed by atoms with Gasteiger partial charge < -0.3 is 15.0 Å². The van der Waals surface area contributed by atoms with Crippen LogP contribution >= 0.6 is 11.8 Å². The summed E-state index contributed by atoms with van der Waals surface area (Å²) in [5, 5.41) is 1.11. The summed E-state index contributed by atoms with van der Waals surface area (Å²) in [5.41, 5.74) is 7.28. The molecule has 2 aromatic rings. The molecule has 102 valence electrons. The molecule has 4 nitrogen and oxygen atoms in total. The SMILES string of the molecule is COc1cccc(C(Sc2nccn2C)C(C)N)c1. The van der Waals surface area contributed by atoms with Crippen LogP contribution < -0.4 is 10.5 Å². The molecule has 0 aliphatic carbocycles. The highest BCUT2D eigenvalue weighted by Crippen LogP contribution is 2.37. The number of thioether (sulfide) groups is 1. The molecule has 0 saturated heterocycles. The number of ether oxygens (including phenoxy) is 1. The fraction of sp³-hybridized carbons (Fsp3) is 0.357. The Hall–Kier alpha value is -1.46. The molecule has 0 fully saturated rings. The molecule has 2 unspecified atom stereocenters. The lowest BCUT2D eigenvalue weighted by atomic mass is 10.1. The Morgan fingerprint density at radius 3 is 2.79 bits per heavy atom. The van der Waals surface area contributed by atoms with Gasteiger partial charge in [0.05, 0.1) is 12.4 Å². The van der Waals surface area contributed by atoms with Gasteiger partial charge >= 0.3 is 0 Å². The van der Waals surface area contributed by atoms with E-state index >= 15 is 0 Å². The van der Waals surface area contributed by atoms with Gasteiger partial charge in [-0.3, -0.25) is 0 Å². The molecule has 19 heavy (non-hydrogen) atoms. The summed E-state index contributed by atoms with van der Waals surface area (Å²) in [6.45, 7) is 2.01. The molecule has 1 heterocycles. The predicted molar refractivity (Wildman–Crippen MR) is 78.4 cm³/mol. The maximum absolute atomic E-state index is 6.13. The van der Waals surface area contributed by atoms with Crippen LogP contribution in [0.25, 0.3) is 0 Å². The molecular formula is C14H19N3OS. The van der Waals surface area contributed by atoms with Crippen molar-refractivity contribution in [2.24, 2.45) is 12.8 Å². The van der Waals surface area contributed by atoms with E-state index in [0.717, 1.165) is 16.5 Å². The number of benzene rings is 1. The van der Waals surface area contributed by atoms with Gasteiger partial charge in [-0.2, -0.15) is 0 Å². The second-order valence-electron chi connectivity index (χ2n) is 4.49. The Balaban J connectivity index is 2.27. The summed E-state index contributed by atoms with van der Waals surface area (Å²) in [7, 11) is 3.66. The quantitative estimate of drug-likeness (QED) is 0.854. The lowest BCUT2D eigenvalue weighted by Gasteiger charge is -2.20. The lowest BCUT2D eigenvalue weighted by molar-refractivity contribution is 0.414. The maximum atomic E-state index is 6.13. The Labute approximate surface area is 118 Å². The molecular weight excluding hydrogens is 258 g/mol. The molecule has 2 rings (SSSR count). The third-order valence-corrected chi connectivity index (χ3v) is 4.47. The van der Waals surface area contributed by atoms with Gasteiger partial charge in [-0.05, 0) is 24.6 Å². The monoisotopic (exact) mass is 277 g/mol. The molecule has 0 aliphatic heterocycles. The molecule has 5 heteroatoms. The summed E-state index contributed by atoms with van der Waals surface area (Å²) in [6, 6.07) is 8.06. The van der Waals surface area contributed by atoms with Crippen LogP contribution in [0.4, 0.5) is 0 Å². The molecule has 0 spiro atoms. The smallest absolute Gasteiger partial charge is 0.168 e. The van der Waals surface area contributed by atoms with Crippen molar-refractivity contribution >= 4 is 11.8 Å². The lowest BCUT2D eigenvalue weighted by Crippen LogP contribution is -2.23. The van der Waals surface area contributed by atoms with Crippen molar-refractivity contribution in [1.82, 2.24) is 9.55 Å². The first-order chi connectivity index (χ1) is 9.11. The third-order valence-electron chi connectivity index (χ3n) is 2.91. The van der Waals surface area contributed by atoms with Crippen molar-refractivity contribution in [3.63, 3.8) is 0 Å². The Bertz CT molecular complexity index is 539. The second-order valence-corrected chi connectivity index (χ2v) is 5.60. The number of nitrogens with two attached hydrogens (primary N) is 1. The van der Waals surface area contributed by atoms with E-state index in [-0.39, 0.29) is 11.3 Å². The minimum atomic E-state index is 0.0220. The van der Waals surface area contributed by atoms with Crippen LogP contribution in [-0.4, -0.2) is 22.7 Å². The van der Waals surface area contributed by atoms with Gasteiger partial charge in [0.1, 0.15) is 5.75 Å². The number of hydrogen-bond donors (Lipinski definition) is 1. The van der Waals surface area contributed by atoms with Gasteiger partial charge in [0.15, 0.2) is 5.16 Å². The zero-order valence-electron chi connectivity index (χ0n) is 11.4. The first-order valence-corrected chi connectivity index (χ1v) is 7.03. The molecule has 0 amide bonds. The molecule has 1 aromatic carbocycles.